The van der Waals surface area contributed by atoms with Crippen LogP contribution in [0.15, 0.2) is 42.7 Å². The predicted octanol–water partition coefficient (Wildman–Crippen LogP) is 1.22. The second kappa shape index (κ2) is 8.48. The molecule has 0 unspecified atom stereocenters. The fourth-order valence-electron chi connectivity index (χ4n) is 2.91. The summed E-state index contributed by atoms with van der Waals surface area (Å²) < 4.78 is 0. The Kier molecular flexibility index (Phi) is 5.85. The highest BCUT2D eigenvalue weighted by Crippen LogP contribution is 2.16. The maximum atomic E-state index is 12.4. The fraction of sp³-hybridized carbons (Fsp3) is 0.368. The van der Waals surface area contributed by atoms with Gasteiger partial charge < -0.3 is 20.0 Å². The molecule has 2 heterocycles. The maximum absolute atomic E-state index is 12.4. The van der Waals surface area contributed by atoms with E-state index in [4.69, 9.17) is 0 Å². The lowest BCUT2D eigenvalue weighted by atomic mass is 10.2. The highest BCUT2D eigenvalue weighted by atomic mass is 16.2. The molecule has 0 aliphatic carbocycles. The molecule has 8 nitrogen and oxygen atoms in total. The summed E-state index contributed by atoms with van der Waals surface area (Å²) in [5.41, 5.74) is 1.73. The zero-order valence-electron chi connectivity index (χ0n) is 15.6. The smallest absolute Gasteiger partial charge is 0.233 e. The van der Waals surface area contributed by atoms with Crippen molar-refractivity contribution in [3.63, 3.8) is 0 Å². The summed E-state index contributed by atoms with van der Waals surface area (Å²) in [7, 11) is 3.91. The van der Waals surface area contributed by atoms with Gasteiger partial charge in [0.15, 0.2) is 0 Å². The molecule has 2 aromatic rings. The number of rotatable bonds is 5. The van der Waals surface area contributed by atoms with Crippen LogP contribution < -0.4 is 15.1 Å². The minimum atomic E-state index is -0.300. The van der Waals surface area contributed by atoms with Crippen LogP contribution in [-0.4, -0.2) is 67.0 Å². The van der Waals surface area contributed by atoms with E-state index in [-0.39, 0.29) is 18.2 Å². The first-order chi connectivity index (χ1) is 13.0. The number of carbonyl (C=O) groups is 2. The van der Waals surface area contributed by atoms with Crippen molar-refractivity contribution in [2.75, 3.05) is 55.4 Å². The van der Waals surface area contributed by atoms with Gasteiger partial charge in [0, 0.05) is 64.0 Å². The number of carbonyl (C=O) groups excluding carboxylic acids is 2. The van der Waals surface area contributed by atoms with Crippen LogP contribution >= 0.6 is 0 Å². The zero-order chi connectivity index (χ0) is 19.2. The number of nitrogens with one attached hydrogen (secondary N) is 1. The molecule has 3 rings (SSSR count). The first-order valence-electron chi connectivity index (χ1n) is 8.90. The number of anilines is 3. The van der Waals surface area contributed by atoms with E-state index >= 15 is 0 Å². The van der Waals surface area contributed by atoms with Crippen LogP contribution in [0.5, 0.6) is 0 Å². The largest absolute Gasteiger partial charge is 0.378 e. The molecule has 1 fully saturated rings. The molecule has 0 spiro atoms. The summed E-state index contributed by atoms with van der Waals surface area (Å²) in [5.74, 6) is 0.209. The van der Waals surface area contributed by atoms with Gasteiger partial charge in [-0.2, -0.15) is 0 Å². The standard InChI is InChI=1S/C19H24N6O2/c1-23(2)16-6-4-15(5-7-16)22-17(26)14-18(27)24-10-12-25(13-11-24)19-20-8-3-9-21-19/h3-9H,10-14H2,1-2H3,(H,22,26). The fourth-order valence-corrected chi connectivity index (χ4v) is 2.91. The summed E-state index contributed by atoms with van der Waals surface area (Å²) in [6, 6.07) is 9.27. The molecule has 8 heteroatoms. The average molecular weight is 368 g/mol. The Morgan fingerprint density at radius 3 is 2.26 bits per heavy atom. The first kappa shape index (κ1) is 18.6. The lowest BCUT2D eigenvalue weighted by Gasteiger charge is -2.34. The van der Waals surface area contributed by atoms with Crippen LogP contribution in [0.2, 0.25) is 0 Å². The first-order valence-corrected chi connectivity index (χ1v) is 8.90. The molecule has 0 saturated carbocycles. The Hall–Kier alpha value is -3.16. The highest BCUT2D eigenvalue weighted by Gasteiger charge is 2.23. The van der Waals surface area contributed by atoms with E-state index in [0.717, 1.165) is 5.69 Å². The van der Waals surface area contributed by atoms with Crippen LogP contribution in [0.1, 0.15) is 6.42 Å². The molecule has 1 aliphatic heterocycles. The van der Waals surface area contributed by atoms with Crippen molar-refractivity contribution < 1.29 is 9.59 Å². The third kappa shape index (κ3) is 4.93. The second-order valence-corrected chi connectivity index (χ2v) is 6.58. The van der Waals surface area contributed by atoms with E-state index in [0.29, 0.717) is 37.8 Å². The van der Waals surface area contributed by atoms with E-state index < -0.39 is 0 Å². The van der Waals surface area contributed by atoms with Gasteiger partial charge in [-0.05, 0) is 30.3 Å². The molecular formula is C19H24N6O2. The molecule has 1 aromatic heterocycles. The van der Waals surface area contributed by atoms with Crippen molar-refractivity contribution in [3.05, 3.63) is 42.7 Å². The van der Waals surface area contributed by atoms with Crippen molar-refractivity contribution in [1.82, 2.24) is 14.9 Å². The van der Waals surface area contributed by atoms with Crippen molar-refractivity contribution >= 4 is 29.1 Å². The molecule has 2 amide bonds. The Bertz CT molecular complexity index is 771. The zero-order valence-corrected chi connectivity index (χ0v) is 15.6. The quantitative estimate of drug-likeness (QED) is 0.799. The molecule has 27 heavy (non-hydrogen) atoms. The molecule has 142 valence electrons. The molecule has 1 aromatic carbocycles. The van der Waals surface area contributed by atoms with E-state index in [1.165, 1.54) is 0 Å². The summed E-state index contributed by atoms with van der Waals surface area (Å²) >= 11 is 0. The molecule has 0 atom stereocenters. The molecule has 1 N–H and O–H groups in total. The number of piperazine rings is 1. The number of hydrogen-bond acceptors (Lipinski definition) is 6. The van der Waals surface area contributed by atoms with E-state index in [1.807, 2.05) is 48.2 Å². The van der Waals surface area contributed by atoms with Gasteiger partial charge in [-0.1, -0.05) is 0 Å². The van der Waals surface area contributed by atoms with Gasteiger partial charge in [-0.15, -0.1) is 0 Å². The lowest BCUT2D eigenvalue weighted by molar-refractivity contribution is -0.134. The van der Waals surface area contributed by atoms with Crippen molar-refractivity contribution in [2.24, 2.45) is 0 Å². The predicted molar refractivity (Wildman–Crippen MR) is 105 cm³/mol. The van der Waals surface area contributed by atoms with Gasteiger partial charge in [0.1, 0.15) is 6.42 Å². The number of nitrogens with zero attached hydrogens (tertiary/aromatic N) is 5. The van der Waals surface area contributed by atoms with Gasteiger partial charge in [0.05, 0.1) is 0 Å². The minimum absolute atomic E-state index is 0.155. The topological polar surface area (TPSA) is 81.7 Å². The number of benzene rings is 1. The average Bonchev–Trinajstić information content (AvgIpc) is 2.69. The van der Waals surface area contributed by atoms with Crippen LogP contribution in [-0.2, 0) is 9.59 Å². The summed E-state index contributed by atoms with van der Waals surface area (Å²) in [6.07, 6.45) is 3.25. The number of amides is 2. The third-order valence-corrected chi connectivity index (χ3v) is 4.45. The van der Waals surface area contributed by atoms with Gasteiger partial charge in [0.2, 0.25) is 17.8 Å². The summed E-state index contributed by atoms with van der Waals surface area (Å²) in [6.45, 7) is 2.43. The van der Waals surface area contributed by atoms with E-state index in [1.54, 1.807) is 23.4 Å². The molecule has 0 radical (unpaired) electrons. The van der Waals surface area contributed by atoms with Crippen molar-refractivity contribution in [2.45, 2.75) is 6.42 Å². The summed E-state index contributed by atoms with van der Waals surface area (Å²) in [4.78, 5) is 38.8. The second-order valence-electron chi connectivity index (χ2n) is 6.58. The van der Waals surface area contributed by atoms with Crippen LogP contribution in [0.25, 0.3) is 0 Å². The van der Waals surface area contributed by atoms with Crippen LogP contribution in [0, 0.1) is 0 Å². The van der Waals surface area contributed by atoms with E-state index in [9.17, 15) is 9.59 Å². The van der Waals surface area contributed by atoms with Crippen molar-refractivity contribution in [1.29, 1.82) is 0 Å². The molecule has 0 bridgehead atoms. The third-order valence-electron chi connectivity index (χ3n) is 4.45. The van der Waals surface area contributed by atoms with Gasteiger partial charge in [0.25, 0.3) is 0 Å². The van der Waals surface area contributed by atoms with Crippen molar-refractivity contribution in [3.8, 4) is 0 Å². The Labute approximate surface area is 158 Å². The van der Waals surface area contributed by atoms with Crippen LogP contribution in [0.4, 0.5) is 17.3 Å². The van der Waals surface area contributed by atoms with Gasteiger partial charge >= 0.3 is 0 Å². The number of aromatic nitrogens is 2. The lowest BCUT2D eigenvalue weighted by Crippen LogP contribution is -2.49. The Morgan fingerprint density at radius 1 is 1.04 bits per heavy atom. The monoisotopic (exact) mass is 368 g/mol. The maximum Gasteiger partial charge on any atom is 0.233 e. The molecular weight excluding hydrogens is 344 g/mol. The Balaban J connectivity index is 1.47. The normalized spacial score (nSPS) is 14.0. The van der Waals surface area contributed by atoms with Crippen LogP contribution in [0.3, 0.4) is 0 Å². The van der Waals surface area contributed by atoms with E-state index in [2.05, 4.69) is 15.3 Å². The minimum Gasteiger partial charge on any atom is -0.378 e. The van der Waals surface area contributed by atoms with Gasteiger partial charge in [-0.25, -0.2) is 9.97 Å². The highest BCUT2D eigenvalue weighted by molar-refractivity contribution is 6.03. The van der Waals surface area contributed by atoms with Gasteiger partial charge in [-0.3, -0.25) is 9.59 Å². The Morgan fingerprint density at radius 2 is 1.67 bits per heavy atom. The molecule has 1 saturated heterocycles. The summed E-state index contributed by atoms with van der Waals surface area (Å²) in [5, 5.41) is 2.78. The SMILES string of the molecule is CN(C)c1ccc(NC(=O)CC(=O)N2CCN(c3ncccn3)CC2)cc1. The number of hydrogen-bond donors (Lipinski definition) is 1. The molecule has 1 aliphatic rings.